The van der Waals surface area contributed by atoms with Gasteiger partial charge in [0.05, 0.1) is 6.04 Å². The van der Waals surface area contributed by atoms with E-state index in [4.69, 9.17) is 0 Å². The lowest BCUT2D eigenvalue weighted by atomic mass is 10.0. The number of nitrogens with zero attached hydrogens (tertiary/aromatic N) is 3. The smallest absolute Gasteiger partial charge is 0.252 e. The molecule has 2 aromatic heterocycles. The van der Waals surface area contributed by atoms with E-state index < -0.39 is 10.0 Å². The number of imidazole rings is 1. The molecular formula is C16H22N4O2S2. The van der Waals surface area contributed by atoms with Gasteiger partial charge < -0.3 is 9.88 Å². The number of thiophene rings is 1. The van der Waals surface area contributed by atoms with Gasteiger partial charge in [0.1, 0.15) is 10.0 Å². The summed E-state index contributed by atoms with van der Waals surface area (Å²) >= 11 is 1.29. The van der Waals surface area contributed by atoms with Crippen LogP contribution in [0.15, 0.2) is 34.1 Å². The van der Waals surface area contributed by atoms with Gasteiger partial charge in [0, 0.05) is 38.1 Å². The van der Waals surface area contributed by atoms with Crippen molar-refractivity contribution < 1.29 is 8.42 Å². The summed E-state index contributed by atoms with van der Waals surface area (Å²) in [5.74, 6) is 1.08. The quantitative estimate of drug-likeness (QED) is 0.901. The first-order valence-corrected chi connectivity index (χ1v) is 10.8. The van der Waals surface area contributed by atoms with Crippen LogP contribution in [0.5, 0.6) is 0 Å². The SMILES string of the molecule is O=S(=O)(c1cccs1)N1CCC[C@@H](NC2CCCn3ccnc32)C1. The zero-order valence-corrected chi connectivity index (χ0v) is 15.1. The Balaban J connectivity index is 1.47. The summed E-state index contributed by atoms with van der Waals surface area (Å²) in [6, 6.07) is 3.89. The van der Waals surface area contributed by atoms with E-state index in [0.29, 0.717) is 17.3 Å². The Morgan fingerprint density at radius 3 is 2.96 bits per heavy atom. The lowest BCUT2D eigenvalue weighted by Gasteiger charge is -2.35. The molecule has 0 radical (unpaired) electrons. The third-order valence-corrected chi connectivity index (χ3v) is 8.10. The van der Waals surface area contributed by atoms with E-state index in [0.717, 1.165) is 38.1 Å². The number of piperidine rings is 1. The van der Waals surface area contributed by atoms with Crippen molar-refractivity contribution in [3.05, 3.63) is 35.7 Å². The van der Waals surface area contributed by atoms with Crippen LogP contribution < -0.4 is 5.32 Å². The number of nitrogens with one attached hydrogen (secondary N) is 1. The van der Waals surface area contributed by atoms with Crippen molar-refractivity contribution in [1.29, 1.82) is 0 Å². The monoisotopic (exact) mass is 366 g/mol. The van der Waals surface area contributed by atoms with Crippen molar-refractivity contribution in [2.45, 2.75) is 48.5 Å². The molecule has 1 saturated heterocycles. The standard InChI is InChI=1S/C16H22N4O2S2/c21-24(22,15-6-3-11-23-15)20-9-1-4-13(12-20)18-14-5-2-8-19-10-7-17-16(14)19/h3,6-7,10-11,13-14,18H,1-2,4-5,8-9,12H2/t13-,14?/m1/s1. The number of rotatable bonds is 4. The number of fused-ring (bicyclic) bond motifs is 1. The summed E-state index contributed by atoms with van der Waals surface area (Å²) in [5, 5.41) is 5.48. The van der Waals surface area contributed by atoms with Crippen LogP contribution in [-0.2, 0) is 16.6 Å². The molecule has 0 bridgehead atoms. The fourth-order valence-corrected chi connectivity index (χ4v) is 6.36. The van der Waals surface area contributed by atoms with Crippen molar-refractivity contribution >= 4 is 21.4 Å². The van der Waals surface area contributed by atoms with Crippen molar-refractivity contribution in [2.24, 2.45) is 0 Å². The second kappa shape index (κ2) is 6.59. The van der Waals surface area contributed by atoms with E-state index in [2.05, 4.69) is 14.9 Å². The summed E-state index contributed by atoms with van der Waals surface area (Å²) in [6.07, 6.45) is 7.97. The first-order valence-electron chi connectivity index (χ1n) is 8.45. The van der Waals surface area contributed by atoms with Gasteiger partial charge in [0.15, 0.2) is 0 Å². The molecule has 0 aromatic carbocycles. The van der Waals surface area contributed by atoms with E-state index in [1.165, 1.54) is 11.3 Å². The summed E-state index contributed by atoms with van der Waals surface area (Å²) in [5.41, 5.74) is 0. The number of aromatic nitrogens is 2. The highest BCUT2D eigenvalue weighted by atomic mass is 32.2. The number of hydrogen-bond acceptors (Lipinski definition) is 5. The molecule has 0 saturated carbocycles. The largest absolute Gasteiger partial charge is 0.334 e. The number of aryl methyl sites for hydroxylation is 1. The van der Waals surface area contributed by atoms with Gasteiger partial charge in [0.25, 0.3) is 10.0 Å². The average molecular weight is 367 g/mol. The second-order valence-electron chi connectivity index (χ2n) is 6.47. The van der Waals surface area contributed by atoms with E-state index in [-0.39, 0.29) is 12.1 Å². The minimum Gasteiger partial charge on any atom is -0.334 e. The third-order valence-electron chi connectivity index (χ3n) is 4.86. The Morgan fingerprint density at radius 1 is 1.25 bits per heavy atom. The minimum atomic E-state index is -3.35. The molecular weight excluding hydrogens is 344 g/mol. The molecule has 0 amide bonds. The van der Waals surface area contributed by atoms with Gasteiger partial charge in [-0.25, -0.2) is 13.4 Å². The van der Waals surface area contributed by atoms with Crippen LogP contribution >= 0.6 is 11.3 Å². The van der Waals surface area contributed by atoms with Gasteiger partial charge in [-0.2, -0.15) is 4.31 Å². The maximum absolute atomic E-state index is 12.7. The summed E-state index contributed by atoms with van der Waals surface area (Å²) in [7, 11) is -3.35. The van der Waals surface area contributed by atoms with Gasteiger partial charge in [-0.1, -0.05) is 6.07 Å². The molecule has 0 aliphatic carbocycles. The van der Waals surface area contributed by atoms with Crippen molar-refractivity contribution in [2.75, 3.05) is 13.1 Å². The highest BCUT2D eigenvalue weighted by Gasteiger charge is 2.32. The summed E-state index contributed by atoms with van der Waals surface area (Å²) < 4.78 is 29.7. The van der Waals surface area contributed by atoms with Crippen LogP contribution in [0.25, 0.3) is 0 Å². The van der Waals surface area contributed by atoms with Crippen LogP contribution in [0.4, 0.5) is 0 Å². The molecule has 1 unspecified atom stereocenters. The van der Waals surface area contributed by atoms with E-state index >= 15 is 0 Å². The van der Waals surface area contributed by atoms with Crippen molar-refractivity contribution in [3.63, 3.8) is 0 Å². The first kappa shape index (κ1) is 16.3. The molecule has 0 spiro atoms. The Kier molecular flexibility index (Phi) is 4.46. The van der Waals surface area contributed by atoms with E-state index in [9.17, 15) is 8.42 Å². The van der Waals surface area contributed by atoms with E-state index in [1.54, 1.807) is 16.4 Å². The molecule has 2 aromatic rings. The van der Waals surface area contributed by atoms with Gasteiger partial charge in [0.2, 0.25) is 0 Å². The van der Waals surface area contributed by atoms with Gasteiger partial charge in [-0.3, -0.25) is 0 Å². The zero-order chi connectivity index (χ0) is 16.6. The second-order valence-corrected chi connectivity index (χ2v) is 9.59. The average Bonchev–Trinajstić information content (AvgIpc) is 3.27. The topological polar surface area (TPSA) is 67.2 Å². The van der Waals surface area contributed by atoms with Crippen LogP contribution in [-0.4, -0.2) is 41.4 Å². The van der Waals surface area contributed by atoms with Crippen LogP contribution in [0.1, 0.15) is 37.5 Å². The Labute approximate surface area is 146 Å². The molecule has 6 nitrogen and oxygen atoms in total. The molecule has 2 aliphatic heterocycles. The number of sulfonamides is 1. The fraction of sp³-hybridized carbons (Fsp3) is 0.562. The highest BCUT2D eigenvalue weighted by molar-refractivity contribution is 7.91. The molecule has 4 heterocycles. The molecule has 4 rings (SSSR count). The number of hydrogen-bond donors (Lipinski definition) is 1. The third kappa shape index (κ3) is 3.03. The molecule has 2 atom stereocenters. The summed E-state index contributed by atoms with van der Waals surface area (Å²) in [6.45, 7) is 2.17. The molecule has 8 heteroatoms. The Morgan fingerprint density at radius 2 is 2.12 bits per heavy atom. The highest BCUT2D eigenvalue weighted by Crippen LogP contribution is 2.27. The lowest BCUT2D eigenvalue weighted by Crippen LogP contribution is -2.49. The van der Waals surface area contributed by atoms with Crippen molar-refractivity contribution in [3.8, 4) is 0 Å². The predicted molar refractivity (Wildman–Crippen MR) is 93.4 cm³/mol. The zero-order valence-electron chi connectivity index (χ0n) is 13.5. The first-order chi connectivity index (χ1) is 11.6. The minimum absolute atomic E-state index is 0.182. The Hall–Kier alpha value is -1.22. The van der Waals surface area contributed by atoms with Crippen molar-refractivity contribution in [1.82, 2.24) is 19.2 Å². The van der Waals surface area contributed by atoms with Gasteiger partial charge >= 0.3 is 0 Å². The summed E-state index contributed by atoms with van der Waals surface area (Å²) in [4.78, 5) is 4.48. The lowest BCUT2D eigenvalue weighted by molar-refractivity contribution is 0.250. The molecule has 130 valence electrons. The van der Waals surface area contributed by atoms with Crippen LogP contribution in [0.3, 0.4) is 0 Å². The van der Waals surface area contributed by atoms with Crippen LogP contribution in [0, 0.1) is 0 Å². The van der Waals surface area contributed by atoms with Crippen LogP contribution in [0.2, 0.25) is 0 Å². The molecule has 24 heavy (non-hydrogen) atoms. The van der Waals surface area contributed by atoms with Gasteiger partial charge in [-0.15, -0.1) is 11.3 Å². The normalized spacial score (nSPS) is 25.5. The maximum Gasteiger partial charge on any atom is 0.252 e. The fourth-order valence-electron chi connectivity index (χ4n) is 3.69. The van der Waals surface area contributed by atoms with E-state index in [1.807, 2.05) is 17.8 Å². The molecule has 1 fully saturated rings. The maximum atomic E-state index is 12.7. The predicted octanol–water partition coefficient (Wildman–Crippen LogP) is 2.22. The molecule has 1 N–H and O–H groups in total. The Bertz CT molecular complexity index is 785. The molecule has 2 aliphatic rings. The van der Waals surface area contributed by atoms with Gasteiger partial charge in [-0.05, 0) is 37.1 Å².